The molecule has 1 aliphatic heterocycles. The number of carbonyl (C=O) groups excluding carboxylic acids is 2. The van der Waals surface area contributed by atoms with E-state index in [2.05, 4.69) is 51.4 Å². The lowest BCUT2D eigenvalue weighted by atomic mass is 10.0. The van der Waals surface area contributed by atoms with Gasteiger partial charge in [-0.3, -0.25) is 31.0 Å². The van der Waals surface area contributed by atoms with Gasteiger partial charge in [0.15, 0.2) is 56.9 Å². The minimum Gasteiger partial charge on any atom is -0.382 e. The van der Waals surface area contributed by atoms with E-state index in [-0.39, 0.29) is 56.9 Å². The molecule has 0 radical (unpaired) electrons. The maximum atomic E-state index is 12.3. The third-order valence-corrected chi connectivity index (χ3v) is 7.15. The van der Waals surface area contributed by atoms with Crippen LogP contribution >= 0.6 is 23.2 Å². The van der Waals surface area contributed by atoms with E-state index in [1.54, 1.807) is 0 Å². The zero-order valence-corrected chi connectivity index (χ0v) is 25.5. The zero-order valence-electron chi connectivity index (χ0n) is 24.0. The Morgan fingerprint density at radius 3 is 1.70 bits per heavy atom. The quantitative estimate of drug-likeness (QED) is 0.0770. The number of unbranched alkanes of at least 4 members (excludes halogenated alkanes) is 1. The number of nitrogens with one attached hydrogen (secondary N) is 7. The van der Waals surface area contributed by atoms with E-state index in [1.807, 2.05) is 0 Å². The van der Waals surface area contributed by atoms with Crippen molar-refractivity contribution in [3.8, 4) is 0 Å². The first-order chi connectivity index (χ1) is 20.9. The van der Waals surface area contributed by atoms with Crippen LogP contribution in [0.25, 0.3) is 0 Å². The summed E-state index contributed by atoms with van der Waals surface area (Å²) in [6, 6.07) is 0.419. The van der Waals surface area contributed by atoms with Crippen molar-refractivity contribution < 1.29 is 9.59 Å². The molecule has 3 rings (SSSR count). The highest BCUT2D eigenvalue weighted by molar-refractivity contribution is 6.32. The molecule has 3 heterocycles. The van der Waals surface area contributed by atoms with Gasteiger partial charge < -0.3 is 43.8 Å². The van der Waals surface area contributed by atoms with Crippen LogP contribution in [0.4, 0.5) is 23.3 Å². The SMILES string of the molecule is N=C(NCCCCN1CCC(NCCCNC(=N)NC(=O)c2nc(Cl)c(N)nc2N)CC1)NC(=O)c1nc(Cl)c(N)nc1N. The Morgan fingerprint density at radius 2 is 1.20 bits per heavy atom. The maximum absolute atomic E-state index is 12.3. The van der Waals surface area contributed by atoms with Crippen LogP contribution in [-0.2, 0) is 0 Å². The molecule has 1 fully saturated rings. The molecule has 0 aromatic carbocycles. The Kier molecular flexibility index (Phi) is 12.9. The summed E-state index contributed by atoms with van der Waals surface area (Å²) in [5.74, 6) is -2.25. The third kappa shape index (κ3) is 10.5. The Bertz CT molecular complexity index is 1250. The number of amides is 2. The Balaban J connectivity index is 1.20. The van der Waals surface area contributed by atoms with Crippen LogP contribution in [0.2, 0.25) is 10.3 Å². The number of aromatic nitrogens is 4. The predicted molar refractivity (Wildman–Crippen MR) is 169 cm³/mol. The van der Waals surface area contributed by atoms with Gasteiger partial charge in [-0.2, -0.15) is 0 Å². The molecule has 20 heteroatoms. The first kappa shape index (κ1) is 34.2. The molecular weight excluding hydrogens is 615 g/mol. The summed E-state index contributed by atoms with van der Waals surface area (Å²) >= 11 is 11.6. The van der Waals surface area contributed by atoms with Crippen molar-refractivity contribution in [1.82, 2.24) is 51.4 Å². The number of likely N-dealkylation sites (tertiary alicyclic amines) is 1. The number of halogens is 2. The summed E-state index contributed by atoms with van der Waals surface area (Å²) in [6.07, 6.45) is 4.58. The zero-order chi connectivity index (χ0) is 32.2. The third-order valence-electron chi connectivity index (χ3n) is 6.60. The highest BCUT2D eigenvalue weighted by Crippen LogP contribution is 2.18. The molecule has 240 valence electrons. The number of anilines is 4. The molecule has 44 heavy (non-hydrogen) atoms. The van der Waals surface area contributed by atoms with Crippen molar-refractivity contribution in [2.45, 2.75) is 38.1 Å². The van der Waals surface area contributed by atoms with E-state index >= 15 is 0 Å². The molecule has 0 aliphatic carbocycles. The second-order valence-electron chi connectivity index (χ2n) is 9.91. The van der Waals surface area contributed by atoms with Gasteiger partial charge in [0.2, 0.25) is 0 Å². The van der Waals surface area contributed by atoms with Crippen molar-refractivity contribution >= 4 is 70.2 Å². The van der Waals surface area contributed by atoms with Crippen molar-refractivity contribution in [3.05, 3.63) is 21.7 Å². The molecule has 18 nitrogen and oxygen atoms in total. The number of rotatable bonds is 12. The van der Waals surface area contributed by atoms with E-state index in [0.717, 1.165) is 58.3 Å². The number of guanidine groups is 2. The number of nitrogens with zero attached hydrogens (tertiary/aromatic N) is 5. The lowest BCUT2D eigenvalue weighted by molar-refractivity contribution is 0.0963. The highest BCUT2D eigenvalue weighted by atomic mass is 35.5. The molecule has 2 aromatic rings. The summed E-state index contributed by atoms with van der Waals surface area (Å²) in [6.45, 7) is 4.69. The van der Waals surface area contributed by atoms with Gasteiger partial charge in [-0.25, -0.2) is 19.9 Å². The van der Waals surface area contributed by atoms with Gasteiger partial charge in [-0.1, -0.05) is 23.2 Å². The number of nitrogens with two attached hydrogens (primary N) is 4. The molecule has 2 aromatic heterocycles. The van der Waals surface area contributed by atoms with Crippen molar-refractivity contribution in [3.63, 3.8) is 0 Å². The van der Waals surface area contributed by atoms with E-state index in [0.29, 0.717) is 19.1 Å². The smallest absolute Gasteiger partial charge is 0.280 e. The first-order valence-electron chi connectivity index (χ1n) is 13.8. The topological polar surface area (TPSA) is 301 Å². The van der Waals surface area contributed by atoms with Crippen LogP contribution in [0.5, 0.6) is 0 Å². The van der Waals surface area contributed by atoms with Crippen LogP contribution in [0.3, 0.4) is 0 Å². The molecular formula is C24H38Cl2N16O2. The van der Waals surface area contributed by atoms with E-state index in [1.165, 1.54) is 0 Å². The number of carbonyl (C=O) groups is 2. The van der Waals surface area contributed by atoms with Crippen LogP contribution in [0.1, 0.15) is 53.1 Å². The number of hydrogen-bond donors (Lipinski definition) is 11. The molecule has 2 amide bonds. The van der Waals surface area contributed by atoms with Crippen LogP contribution in [-0.4, -0.2) is 93.9 Å². The van der Waals surface area contributed by atoms with E-state index in [4.69, 9.17) is 57.0 Å². The van der Waals surface area contributed by atoms with Crippen LogP contribution in [0, 0.1) is 10.8 Å². The average Bonchev–Trinajstić information content (AvgIpc) is 2.97. The van der Waals surface area contributed by atoms with Crippen molar-refractivity contribution in [2.75, 3.05) is 62.2 Å². The Hall–Kier alpha value is -4.26. The molecule has 15 N–H and O–H groups in total. The summed E-state index contributed by atoms with van der Waals surface area (Å²) in [4.78, 5) is 42.1. The van der Waals surface area contributed by atoms with Crippen LogP contribution < -0.4 is 49.5 Å². The fourth-order valence-corrected chi connectivity index (χ4v) is 4.55. The van der Waals surface area contributed by atoms with Gasteiger partial charge in [-0.15, -0.1) is 0 Å². The fourth-order valence-electron chi connectivity index (χ4n) is 4.29. The minimum atomic E-state index is -0.707. The Labute approximate surface area is 263 Å². The average molecular weight is 654 g/mol. The van der Waals surface area contributed by atoms with E-state index < -0.39 is 11.8 Å². The van der Waals surface area contributed by atoms with Crippen molar-refractivity contribution in [2.24, 2.45) is 0 Å². The molecule has 0 bridgehead atoms. The second kappa shape index (κ2) is 16.6. The summed E-state index contributed by atoms with van der Waals surface area (Å²) in [5.41, 5.74) is 21.9. The first-order valence-corrected chi connectivity index (χ1v) is 14.6. The molecule has 0 unspecified atom stereocenters. The lowest BCUT2D eigenvalue weighted by Crippen LogP contribution is -2.44. The molecule has 1 aliphatic rings. The fraction of sp³-hybridized carbons (Fsp3) is 0.500. The van der Waals surface area contributed by atoms with E-state index in [9.17, 15) is 9.59 Å². The second-order valence-corrected chi connectivity index (χ2v) is 10.6. The maximum Gasteiger partial charge on any atom is 0.280 e. The van der Waals surface area contributed by atoms with Crippen molar-refractivity contribution in [1.29, 1.82) is 10.8 Å². The van der Waals surface area contributed by atoms with Crippen LogP contribution in [0.15, 0.2) is 0 Å². The summed E-state index contributed by atoms with van der Waals surface area (Å²) in [5, 5.41) is 29.5. The lowest BCUT2D eigenvalue weighted by Gasteiger charge is -2.32. The molecule has 1 saturated heterocycles. The minimum absolute atomic E-state index is 0.0759. The normalized spacial score (nSPS) is 13.7. The standard InChI is InChI=1S/C24H38Cl2N16O2/c25-15-19(29)38-17(27)13(36-15)21(43)40-23(31)34-6-1-2-9-42-10-4-12(5-11-42)33-7-3-8-35-24(32)41-22(44)14-18(28)39-20(30)16(26)37-14/h12,33H,1-11H2,(H4,27,29,38)(H4,28,30,39)(H3,31,34,40,43)(H3,32,35,41,44). The van der Waals surface area contributed by atoms with Gasteiger partial charge in [0.1, 0.15) is 0 Å². The largest absolute Gasteiger partial charge is 0.382 e. The number of hydrogen-bond acceptors (Lipinski definition) is 14. The number of nitrogen functional groups attached to an aromatic ring is 4. The molecule has 0 spiro atoms. The highest BCUT2D eigenvalue weighted by Gasteiger charge is 2.20. The van der Waals surface area contributed by atoms with Gasteiger partial charge in [0, 0.05) is 19.1 Å². The molecule has 0 saturated carbocycles. The van der Waals surface area contributed by atoms with Gasteiger partial charge >= 0.3 is 0 Å². The summed E-state index contributed by atoms with van der Waals surface area (Å²) < 4.78 is 0. The van der Waals surface area contributed by atoms with Gasteiger partial charge in [0.05, 0.1) is 0 Å². The van der Waals surface area contributed by atoms with Gasteiger partial charge in [-0.05, 0) is 58.3 Å². The van der Waals surface area contributed by atoms with Gasteiger partial charge in [0.25, 0.3) is 11.8 Å². The number of piperidine rings is 1. The summed E-state index contributed by atoms with van der Waals surface area (Å²) in [7, 11) is 0. The predicted octanol–water partition coefficient (Wildman–Crippen LogP) is -0.665. The monoisotopic (exact) mass is 652 g/mol. The Morgan fingerprint density at radius 1 is 0.727 bits per heavy atom. The molecule has 0 atom stereocenters.